The van der Waals surface area contributed by atoms with Gasteiger partial charge in [-0.15, -0.1) is 12.4 Å². The van der Waals surface area contributed by atoms with Crippen LogP contribution in [-0.2, 0) is 0 Å². The summed E-state index contributed by atoms with van der Waals surface area (Å²) in [4.78, 5) is 29.8. The van der Waals surface area contributed by atoms with Crippen LogP contribution in [0.2, 0.25) is 0 Å². The van der Waals surface area contributed by atoms with E-state index in [4.69, 9.17) is 0 Å². The second-order valence-electron chi connectivity index (χ2n) is 8.67. The first-order chi connectivity index (χ1) is 15.3. The molecule has 2 aromatic rings. The van der Waals surface area contributed by atoms with Gasteiger partial charge < -0.3 is 5.32 Å². The molecule has 0 radical (unpaired) electrons. The number of carbonyl (C=O) groups excluding carboxylic acids is 2. The number of Topliss-reactive ketones (excluding diaryl/α,β-unsaturated/α-hetero) is 2. The number of hydrogen-bond acceptors (Lipinski definition) is 4. The van der Waals surface area contributed by atoms with E-state index in [1.54, 1.807) is 19.1 Å². The second kappa shape index (κ2) is 12.3. The third kappa shape index (κ3) is 7.15. The van der Waals surface area contributed by atoms with Crippen LogP contribution in [0.25, 0.3) is 0 Å². The fourth-order valence-electron chi connectivity index (χ4n) is 4.23. The van der Waals surface area contributed by atoms with E-state index < -0.39 is 11.8 Å². The Labute approximate surface area is 201 Å². The first-order valence-electron chi connectivity index (χ1n) is 11.5. The van der Waals surface area contributed by atoms with Crippen molar-refractivity contribution in [3.63, 3.8) is 0 Å². The largest absolute Gasteiger partial charge is 0.311 e. The van der Waals surface area contributed by atoms with Crippen LogP contribution in [0.4, 0.5) is 8.78 Å². The van der Waals surface area contributed by atoms with Crippen molar-refractivity contribution < 1.29 is 18.4 Å². The molecule has 1 N–H and O–H groups in total. The fourth-order valence-corrected chi connectivity index (χ4v) is 4.23. The molecule has 1 aliphatic rings. The monoisotopic (exact) mass is 478 g/mol. The lowest BCUT2D eigenvalue weighted by Crippen LogP contribution is -2.45. The molecule has 1 saturated heterocycles. The van der Waals surface area contributed by atoms with Crippen LogP contribution in [0.1, 0.15) is 90.4 Å². The van der Waals surface area contributed by atoms with Crippen molar-refractivity contribution in [2.75, 3.05) is 13.1 Å². The molecule has 1 aromatic heterocycles. The summed E-state index contributed by atoms with van der Waals surface area (Å²) in [5.74, 6) is -3.53. The molecule has 0 aliphatic carbocycles. The zero-order valence-corrected chi connectivity index (χ0v) is 20.1. The Bertz CT molecular complexity index is 937. The lowest BCUT2D eigenvalue weighted by molar-refractivity contribution is -0.0765. The maximum Gasteiger partial charge on any atom is 0.263 e. The van der Waals surface area contributed by atoms with Gasteiger partial charge in [0.25, 0.3) is 5.92 Å². The van der Waals surface area contributed by atoms with Gasteiger partial charge >= 0.3 is 0 Å². The Morgan fingerprint density at radius 2 is 1.88 bits per heavy atom. The smallest absolute Gasteiger partial charge is 0.263 e. The van der Waals surface area contributed by atoms with Gasteiger partial charge in [0.2, 0.25) is 0 Å². The summed E-state index contributed by atoms with van der Waals surface area (Å²) in [6.07, 6.45) is 2.63. The first-order valence-corrected chi connectivity index (χ1v) is 11.5. The van der Waals surface area contributed by atoms with E-state index in [1.807, 2.05) is 37.3 Å². The van der Waals surface area contributed by atoms with Crippen molar-refractivity contribution >= 4 is 24.0 Å². The highest BCUT2D eigenvalue weighted by Gasteiger charge is 2.40. The van der Waals surface area contributed by atoms with Gasteiger partial charge in [0, 0.05) is 35.9 Å². The third-order valence-corrected chi connectivity index (χ3v) is 6.35. The molecule has 3 rings (SSSR count). The molecule has 4 nitrogen and oxygen atoms in total. The minimum atomic E-state index is -2.68. The average molecular weight is 479 g/mol. The SMILES string of the molecule is CCC(=O)c1cc(C(=O)CCCC[C@@H]2CCNCC2(F)F)cc([C@@H](C)c2ccccc2)n1.Cl. The molecule has 2 atom stereocenters. The van der Waals surface area contributed by atoms with Gasteiger partial charge in [-0.3, -0.25) is 9.59 Å². The number of aromatic nitrogens is 1. The van der Waals surface area contributed by atoms with Crippen LogP contribution in [0.5, 0.6) is 0 Å². The number of carbonyl (C=O) groups is 2. The summed E-state index contributed by atoms with van der Waals surface area (Å²) in [5, 5.41) is 2.74. The topological polar surface area (TPSA) is 59.1 Å². The number of unbranched alkanes of at least 4 members (excludes halogenated alkanes) is 1. The molecular weight excluding hydrogens is 446 g/mol. The summed E-state index contributed by atoms with van der Waals surface area (Å²) >= 11 is 0. The van der Waals surface area contributed by atoms with Crippen LogP contribution >= 0.6 is 12.4 Å². The fraction of sp³-hybridized carbons (Fsp3) is 0.500. The van der Waals surface area contributed by atoms with E-state index in [-0.39, 0.29) is 42.9 Å². The summed E-state index contributed by atoms with van der Waals surface area (Å²) in [7, 11) is 0. The maximum atomic E-state index is 14.0. The van der Waals surface area contributed by atoms with E-state index in [2.05, 4.69) is 10.3 Å². The van der Waals surface area contributed by atoms with Crippen LogP contribution < -0.4 is 5.32 Å². The van der Waals surface area contributed by atoms with Crippen molar-refractivity contribution in [3.8, 4) is 0 Å². The number of nitrogens with one attached hydrogen (secondary N) is 1. The van der Waals surface area contributed by atoms with Crippen molar-refractivity contribution in [2.24, 2.45) is 5.92 Å². The first kappa shape index (κ1) is 27.1. The van der Waals surface area contributed by atoms with Gasteiger partial charge in [-0.25, -0.2) is 13.8 Å². The normalized spacial score (nSPS) is 18.2. The molecule has 180 valence electrons. The molecule has 33 heavy (non-hydrogen) atoms. The number of hydrogen-bond donors (Lipinski definition) is 1. The Kier molecular flexibility index (Phi) is 10.1. The molecule has 0 amide bonds. The predicted molar refractivity (Wildman–Crippen MR) is 129 cm³/mol. The highest BCUT2D eigenvalue weighted by Crippen LogP contribution is 2.33. The number of benzene rings is 1. The van der Waals surface area contributed by atoms with Crippen molar-refractivity contribution in [3.05, 3.63) is 65.0 Å². The van der Waals surface area contributed by atoms with Crippen molar-refractivity contribution in [1.82, 2.24) is 10.3 Å². The summed E-state index contributed by atoms with van der Waals surface area (Å²) in [6, 6.07) is 13.2. The van der Waals surface area contributed by atoms with Crippen LogP contribution in [0, 0.1) is 5.92 Å². The molecule has 0 bridgehead atoms. The van der Waals surface area contributed by atoms with Gasteiger partial charge in [-0.1, -0.05) is 50.6 Å². The zero-order chi connectivity index (χ0) is 23.1. The second-order valence-corrected chi connectivity index (χ2v) is 8.67. The van der Waals surface area contributed by atoms with Crippen LogP contribution in [0.3, 0.4) is 0 Å². The lowest BCUT2D eigenvalue weighted by Gasteiger charge is -2.31. The van der Waals surface area contributed by atoms with E-state index in [0.717, 1.165) is 5.56 Å². The van der Waals surface area contributed by atoms with E-state index in [9.17, 15) is 18.4 Å². The summed E-state index contributed by atoms with van der Waals surface area (Å²) in [5.41, 5.74) is 2.53. The van der Waals surface area contributed by atoms with Crippen LogP contribution in [-0.4, -0.2) is 35.6 Å². The standard InChI is InChI=1S/C26H32F2N2O2.ClH/c1-3-24(31)23-16-20(15-22(30-23)18(2)19-9-5-4-6-10-19)25(32)12-8-7-11-21-13-14-29-17-26(21,27)28;/h4-6,9-10,15-16,18,21,29H,3,7-8,11-14,17H2,1-2H3;1H/t18-,21+;/m0./s1. The zero-order valence-electron chi connectivity index (χ0n) is 19.3. The molecule has 1 aliphatic heterocycles. The average Bonchev–Trinajstić information content (AvgIpc) is 2.81. The highest BCUT2D eigenvalue weighted by molar-refractivity contribution is 6.00. The number of nitrogens with zero attached hydrogens (tertiary/aromatic N) is 1. The van der Waals surface area contributed by atoms with Crippen molar-refractivity contribution in [2.45, 2.75) is 64.2 Å². The number of halogens is 3. The Balaban J connectivity index is 0.00000385. The van der Waals surface area contributed by atoms with Crippen LogP contribution in [0.15, 0.2) is 42.5 Å². The number of piperidine rings is 1. The quantitative estimate of drug-likeness (QED) is 0.324. The third-order valence-electron chi connectivity index (χ3n) is 6.35. The molecule has 2 heterocycles. The van der Waals surface area contributed by atoms with E-state index >= 15 is 0 Å². The summed E-state index contributed by atoms with van der Waals surface area (Å²) < 4.78 is 27.9. The number of rotatable bonds is 10. The molecule has 1 fully saturated rings. The summed E-state index contributed by atoms with van der Waals surface area (Å²) in [6.45, 7) is 4.14. The molecular formula is C26H33ClF2N2O2. The van der Waals surface area contributed by atoms with Gasteiger partial charge in [0.05, 0.1) is 6.54 Å². The van der Waals surface area contributed by atoms with Gasteiger partial charge in [-0.05, 0) is 43.5 Å². The molecule has 7 heteroatoms. The Morgan fingerprint density at radius 3 is 2.55 bits per heavy atom. The predicted octanol–water partition coefficient (Wildman–Crippen LogP) is 6.24. The molecule has 0 unspecified atom stereocenters. The Hall–Kier alpha value is -2.18. The molecule has 1 aromatic carbocycles. The number of ketones is 2. The van der Waals surface area contributed by atoms with E-state index in [1.165, 1.54) is 0 Å². The minimum absolute atomic E-state index is 0. The van der Waals surface area contributed by atoms with Gasteiger partial charge in [-0.2, -0.15) is 0 Å². The Morgan fingerprint density at radius 1 is 1.15 bits per heavy atom. The number of alkyl halides is 2. The molecule has 0 saturated carbocycles. The highest BCUT2D eigenvalue weighted by atomic mass is 35.5. The van der Waals surface area contributed by atoms with Gasteiger partial charge in [0.15, 0.2) is 11.6 Å². The number of pyridine rings is 1. The van der Waals surface area contributed by atoms with Gasteiger partial charge in [0.1, 0.15) is 5.69 Å². The van der Waals surface area contributed by atoms with Crippen molar-refractivity contribution in [1.29, 1.82) is 0 Å². The van der Waals surface area contributed by atoms with E-state index in [0.29, 0.717) is 55.6 Å². The minimum Gasteiger partial charge on any atom is -0.311 e. The maximum absolute atomic E-state index is 14.0. The molecule has 0 spiro atoms. The lowest BCUT2D eigenvalue weighted by atomic mass is 9.88.